The second-order valence-electron chi connectivity index (χ2n) is 7.22. The summed E-state index contributed by atoms with van der Waals surface area (Å²) < 4.78 is 7.47. The lowest BCUT2D eigenvalue weighted by Gasteiger charge is -2.14. The van der Waals surface area contributed by atoms with Gasteiger partial charge in [-0.05, 0) is 42.1 Å². The Morgan fingerprint density at radius 1 is 1.24 bits per heavy atom. The van der Waals surface area contributed by atoms with Crippen LogP contribution in [0.1, 0.15) is 30.6 Å². The molecule has 1 aromatic heterocycles. The molecule has 4 rings (SSSR count). The number of hydrazine groups is 1. The smallest absolute Gasteiger partial charge is 0.225 e. The number of halogens is 1. The fourth-order valence-electron chi connectivity index (χ4n) is 3.97. The quantitative estimate of drug-likeness (QED) is 0.579. The average Bonchev–Trinajstić information content (AvgIpc) is 3.31. The van der Waals surface area contributed by atoms with Gasteiger partial charge in [0.2, 0.25) is 5.91 Å². The number of carbonyl (C=O) groups is 1. The van der Waals surface area contributed by atoms with Crippen LogP contribution in [0.15, 0.2) is 48.5 Å². The summed E-state index contributed by atoms with van der Waals surface area (Å²) in [5.74, 6) is 0.550. The lowest BCUT2D eigenvalue weighted by atomic mass is 10.1. The first-order valence-electron chi connectivity index (χ1n) is 9.80. The molecule has 1 saturated heterocycles. The van der Waals surface area contributed by atoms with E-state index in [-0.39, 0.29) is 24.5 Å². The molecule has 1 aliphatic heterocycles. The minimum atomic E-state index is -0.135. The number of hydrogen-bond acceptors (Lipinski definition) is 4. The number of aryl methyl sites for hydroxylation is 1. The van der Waals surface area contributed by atoms with E-state index in [1.54, 1.807) is 19.2 Å². The van der Waals surface area contributed by atoms with Crippen molar-refractivity contribution in [1.29, 1.82) is 0 Å². The van der Waals surface area contributed by atoms with Gasteiger partial charge in [-0.3, -0.25) is 4.79 Å². The highest BCUT2D eigenvalue weighted by Gasteiger charge is 2.28. The highest BCUT2D eigenvalue weighted by Crippen LogP contribution is 2.29. The van der Waals surface area contributed by atoms with Gasteiger partial charge in [0, 0.05) is 24.2 Å². The van der Waals surface area contributed by atoms with E-state index in [1.807, 2.05) is 6.07 Å². The molecular weight excluding hydrogens is 388 g/mol. The standard InChI is InChI=1S/C22H25ClN4O2/c1-3-27-18-7-5-4-6-15(18)12-19(27)17-13-21(26-25-17)24-22(28)11-14-8-9-20(29-2)16(23)10-14/h4-10,12,17,21,25-26H,3,11,13H2,1-2H3,(H,24,28). The minimum absolute atomic E-state index is 0.0535. The molecule has 1 amide bonds. The van der Waals surface area contributed by atoms with Crippen molar-refractivity contribution in [3.63, 3.8) is 0 Å². The van der Waals surface area contributed by atoms with Crippen LogP contribution in [0.25, 0.3) is 10.9 Å². The summed E-state index contributed by atoms with van der Waals surface area (Å²) in [6.45, 7) is 3.05. The van der Waals surface area contributed by atoms with Crippen LogP contribution < -0.4 is 20.9 Å². The van der Waals surface area contributed by atoms with E-state index < -0.39 is 0 Å². The molecule has 0 saturated carbocycles. The second kappa shape index (κ2) is 8.45. The summed E-state index contributed by atoms with van der Waals surface area (Å²) in [4.78, 5) is 12.5. The highest BCUT2D eigenvalue weighted by atomic mass is 35.5. The van der Waals surface area contributed by atoms with Crippen LogP contribution in [-0.4, -0.2) is 23.7 Å². The zero-order chi connectivity index (χ0) is 20.4. The number of ether oxygens (including phenoxy) is 1. The topological polar surface area (TPSA) is 67.3 Å². The number of hydrogen-bond donors (Lipinski definition) is 3. The molecule has 1 aliphatic rings. The third-order valence-corrected chi connectivity index (χ3v) is 5.63. The molecule has 152 valence electrons. The van der Waals surface area contributed by atoms with Gasteiger partial charge in [0.1, 0.15) is 5.75 Å². The molecule has 3 aromatic rings. The zero-order valence-corrected chi connectivity index (χ0v) is 17.3. The Morgan fingerprint density at radius 2 is 2.07 bits per heavy atom. The van der Waals surface area contributed by atoms with Gasteiger partial charge in [-0.2, -0.15) is 0 Å². The normalized spacial score (nSPS) is 18.9. The maximum atomic E-state index is 12.5. The molecular formula is C22H25ClN4O2. The Hall–Kier alpha value is -2.54. The number of nitrogens with zero attached hydrogens (tertiary/aromatic N) is 1. The number of fused-ring (bicyclic) bond motifs is 1. The first kappa shape index (κ1) is 19.8. The monoisotopic (exact) mass is 412 g/mol. The number of rotatable bonds is 6. The van der Waals surface area contributed by atoms with Crippen molar-refractivity contribution >= 4 is 28.4 Å². The van der Waals surface area contributed by atoms with Crippen LogP contribution in [0.4, 0.5) is 0 Å². The van der Waals surface area contributed by atoms with Crippen molar-refractivity contribution < 1.29 is 9.53 Å². The largest absolute Gasteiger partial charge is 0.495 e. The number of amides is 1. The Morgan fingerprint density at radius 3 is 2.83 bits per heavy atom. The molecule has 2 aromatic carbocycles. The number of para-hydroxylation sites is 1. The third-order valence-electron chi connectivity index (χ3n) is 5.34. The molecule has 2 heterocycles. The van der Waals surface area contributed by atoms with Gasteiger partial charge in [0.15, 0.2) is 0 Å². The van der Waals surface area contributed by atoms with E-state index in [4.69, 9.17) is 16.3 Å². The van der Waals surface area contributed by atoms with Crippen LogP contribution in [-0.2, 0) is 17.8 Å². The summed E-state index contributed by atoms with van der Waals surface area (Å²) in [7, 11) is 1.57. The maximum Gasteiger partial charge on any atom is 0.225 e. The Labute approximate surface area is 175 Å². The predicted octanol–water partition coefficient (Wildman–Crippen LogP) is 3.55. The minimum Gasteiger partial charge on any atom is -0.495 e. The molecule has 2 unspecified atom stereocenters. The molecule has 2 atom stereocenters. The van der Waals surface area contributed by atoms with Crippen LogP contribution in [0.5, 0.6) is 5.75 Å². The summed E-state index contributed by atoms with van der Waals surface area (Å²) in [5, 5.41) is 4.79. The first-order valence-corrected chi connectivity index (χ1v) is 10.2. The Balaban J connectivity index is 1.40. The van der Waals surface area contributed by atoms with E-state index in [0.29, 0.717) is 10.8 Å². The van der Waals surface area contributed by atoms with Gasteiger partial charge in [0.05, 0.1) is 30.8 Å². The fraction of sp³-hybridized carbons (Fsp3) is 0.318. The van der Waals surface area contributed by atoms with Gasteiger partial charge in [0.25, 0.3) is 0 Å². The van der Waals surface area contributed by atoms with Crippen molar-refractivity contribution in [3.05, 3.63) is 64.8 Å². The molecule has 6 nitrogen and oxygen atoms in total. The summed E-state index contributed by atoms with van der Waals surface area (Å²) in [6.07, 6.45) is 0.900. The number of carbonyl (C=O) groups excluding carboxylic acids is 1. The van der Waals surface area contributed by atoms with Crippen molar-refractivity contribution in [2.45, 2.75) is 38.5 Å². The maximum absolute atomic E-state index is 12.5. The fourth-order valence-corrected chi connectivity index (χ4v) is 4.25. The van der Waals surface area contributed by atoms with Crippen molar-refractivity contribution in [2.24, 2.45) is 0 Å². The molecule has 1 fully saturated rings. The molecule has 7 heteroatoms. The third kappa shape index (κ3) is 4.10. The van der Waals surface area contributed by atoms with Crippen LogP contribution in [0, 0.1) is 0 Å². The van der Waals surface area contributed by atoms with E-state index in [2.05, 4.69) is 58.0 Å². The molecule has 0 radical (unpaired) electrons. The van der Waals surface area contributed by atoms with Gasteiger partial charge < -0.3 is 14.6 Å². The summed E-state index contributed by atoms with van der Waals surface area (Å²) >= 11 is 6.15. The SMILES string of the molecule is CCn1c(C2CC(NC(=O)Cc3ccc(OC)c(Cl)c3)NN2)cc2ccccc21. The number of nitrogens with one attached hydrogen (secondary N) is 3. The van der Waals surface area contributed by atoms with Crippen molar-refractivity contribution in [3.8, 4) is 5.75 Å². The van der Waals surface area contributed by atoms with Crippen molar-refractivity contribution in [1.82, 2.24) is 20.7 Å². The Bertz CT molecular complexity index is 1030. The van der Waals surface area contributed by atoms with E-state index in [1.165, 1.54) is 16.6 Å². The highest BCUT2D eigenvalue weighted by molar-refractivity contribution is 6.32. The van der Waals surface area contributed by atoms with Crippen molar-refractivity contribution in [2.75, 3.05) is 7.11 Å². The van der Waals surface area contributed by atoms with Crippen LogP contribution in [0.2, 0.25) is 5.02 Å². The lowest BCUT2D eigenvalue weighted by molar-refractivity contribution is -0.121. The van der Waals surface area contributed by atoms with E-state index in [9.17, 15) is 4.79 Å². The zero-order valence-electron chi connectivity index (χ0n) is 16.5. The van der Waals surface area contributed by atoms with Crippen LogP contribution in [0.3, 0.4) is 0 Å². The van der Waals surface area contributed by atoms with Crippen LogP contribution >= 0.6 is 11.6 Å². The molecule has 0 bridgehead atoms. The first-order chi connectivity index (χ1) is 14.1. The predicted molar refractivity (Wildman–Crippen MR) is 115 cm³/mol. The summed E-state index contributed by atoms with van der Waals surface area (Å²) in [5.41, 5.74) is 9.84. The summed E-state index contributed by atoms with van der Waals surface area (Å²) in [6, 6.07) is 16.1. The molecule has 3 N–H and O–H groups in total. The van der Waals surface area contributed by atoms with Gasteiger partial charge in [-0.1, -0.05) is 35.9 Å². The molecule has 0 spiro atoms. The van der Waals surface area contributed by atoms with Gasteiger partial charge in [-0.25, -0.2) is 10.9 Å². The number of aromatic nitrogens is 1. The van der Waals surface area contributed by atoms with E-state index >= 15 is 0 Å². The van der Waals surface area contributed by atoms with Gasteiger partial charge in [-0.15, -0.1) is 0 Å². The second-order valence-corrected chi connectivity index (χ2v) is 7.62. The van der Waals surface area contributed by atoms with Gasteiger partial charge >= 0.3 is 0 Å². The number of methoxy groups -OCH3 is 1. The molecule has 0 aliphatic carbocycles. The van der Waals surface area contributed by atoms with E-state index in [0.717, 1.165) is 18.5 Å². The average molecular weight is 413 g/mol. The lowest BCUT2D eigenvalue weighted by Crippen LogP contribution is -2.44. The Kier molecular flexibility index (Phi) is 5.76. The number of benzene rings is 2. The molecule has 29 heavy (non-hydrogen) atoms.